The number of nitrogens with zero attached hydrogens (tertiary/aromatic N) is 1. The summed E-state index contributed by atoms with van der Waals surface area (Å²) in [6.07, 6.45) is -4.73. The van der Waals surface area contributed by atoms with Crippen LogP contribution < -0.4 is 5.32 Å². The van der Waals surface area contributed by atoms with Gasteiger partial charge in [0.05, 0.1) is 11.6 Å². The SMILES string of the molecule is N#CCNc1ccc(F)c(C(F)(F)F)c1. The lowest BCUT2D eigenvalue weighted by atomic mass is 10.2. The fourth-order valence-electron chi connectivity index (χ4n) is 0.994. The summed E-state index contributed by atoms with van der Waals surface area (Å²) in [6.45, 7) is -0.136. The molecule has 0 aromatic heterocycles. The topological polar surface area (TPSA) is 35.8 Å². The lowest BCUT2D eigenvalue weighted by molar-refractivity contribution is -0.139. The maximum atomic E-state index is 12.8. The van der Waals surface area contributed by atoms with Crippen molar-refractivity contribution in [2.75, 3.05) is 11.9 Å². The van der Waals surface area contributed by atoms with Crippen LogP contribution in [0.4, 0.5) is 23.2 Å². The molecule has 15 heavy (non-hydrogen) atoms. The van der Waals surface area contributed by atoms with Crippen molar-refractivity contribution in [2.45, 2.75) is 6.18 Å². The molecule has 0 bridgehead atoms. The number of anilines is 1. The maximum Gasteiger partial charge on any atom is 0.419 e. The Labute approximate surface area is 83.1 Å². The maximum absolute atomic E-state index is 12.8. The van der Waals surface area contributed by atoms with Crippen LogP contribution in [0, 0.1) is 17.1 Å². The molecule has 0 saturated heterocycles. The molecule has 0 fully saturated rings. The van der Waals surface area contributed by atoms with Gasteiger partial charge in [-0.3, -0.25) is 0 Å². The van der Waals surface area contributed by atoms with Gasteiger partial charge >= 0.3 is 6.18 Å². The van der Waals surface area contributed by atoms with E-state index in [-0.39, 0.29) is 12.2 Å². The first kappa shape index (κ1) is 11.3. The van der Waals surface area contributed by atoms with E-state index in [2.05, 4.69) is 5.32 Å². The minimum absolute atomic E-state index is 0.0604. The molecule has 1 rings (SSSR count). The van der Waals surface area contributed by atoms with Crippen molar-refractivity contribution in [1.29, 1.82) is 5.26 Å². The fraction of sp³-hybridized carbons (Fsp3) is 0.222. The molecule has 0 radical (unpaired) electrons. The fourth-order valence-corrected chi connectivity index (χ4v) is 0.994. The lowest BCUT2D eigenvalue weighted by Gasteiger charge is -2.10. The summed E-state index contributed by atoms with van der Waals surface area (Å²) in [6, 6.07) is 4.19. The minimum atomic E-state index is -4.73. The normalized spacial score (nSPS) is 10.9. The second kappa shape index (κ2) is 4.17. The molecule has 0 aliphatic carbocycles. The number of nitrogens with one attached hydrogen (secondary N) is 1. The monoisotopic (exact) mass is 218 g/mol. The van der Waals surface area contributed by atoms with Crippen molar-refractivity contribution in [2.24, 2.45) is 0 Å². The summed E-state index contributed by atoms with van der Waals surface area (Å²) in [5, 5.41) is 10.6. The van der Waals surface area contributed by atoms with Crippen LogP contribution in [-0.4, -0.2) is 6.54 Å². The molecule has 0 unspecified atom stereocenters. The second-order valence-electron chi connectivity index (χ2n) is 2.70. The highest BCUT2D eigenvalue weighted by atomic mass is 19.4. The van der Waals surface area contributed by atoms with Gasteiger partial charge < -0.3 is 5.32 Å². The highest BCUT2D eigenvalue weighted by molar-refractivity contribution is 5.47. The molecule has 6 heteroatoms. The quantitative estimate of drug-likeness (QED) is 0.612. The predicted octanol–water partition coefficient (Wildman–Crippen LogP) is 2.78. The van der Waals surface area contributed by atoms with E-state index in [1.54, 1.807) is 6.07 Å². The van der Waals surface area contributed by atoms with Gasteiger partial charge in [-0.1, -0.05) is 0 Å². The van der Waals surface area contributed by atoms with Crippen molar-refractivity contribution in [3.05, 3.63) is 29.6 Å². The largest absolute Gasteiger partial charge is 0.419 e. The molecule has 0 spiro atoms. The van der Waals surface area contributed by atoms with Crippen LogP contribution in [0.2, 0.25) is 0 Å². The first-order chi connectivity index (χ1) is 6.95. The van der Waals surface area contributed by atoms with Crippen LogP contribution in [0.15, 0.2) is 18.2 Å². The van der Waals surface area contributed by atoms with Crippen LogP contribution in [0.1, 0.15) is 5.56 Å². The van der Waals surface area contributed by atoms with Crippen LogP contribution in [-0.2, 0) is 6.18 Å². The summed E-state index contributed by atoms with van der Waals surface area (Å²) >= 11 is 0. The first-order valence-electron chi connectivity index (χ1n) is 3.92. The molecule has 0 aliphatic rings. The lowest BCUT2D eigenvalue weighted by Crippen LogP contribution is -2.09. The summed E-state index contributed by atoms with van der Waals surface area (Å²) in [4.78, 5) is 0. The molecule has 0 atom stereocenters. The smallest absolute Gasteiger partial charge is 0.372 e. The van der Waals surface area contributed by atoms with E-state index < -0.39 is 17.6 Å². The van der Waals surface area contributed by atoms with E-state index in [0.29, 0.717) is 12.1 Å². The number of hydrogen-bond acceptors (Lipinski definition) is 2. The molecule has 1 aromatic rings. The van der Waals surface area contributed by atoms with Gasteiger partial charge in [-0.15, -0.1) is 0 Å². The van der Waals surface area contributed by atoms with Crippen molar-refractivity contribution in [3.8, 4) is 6.07 Å². The van der Waals surface area contributed by atoms with E-state index >= 15 is 0 Å². The van der Waals surface area contributed by atoms with Gasteiger partial charge in [0.25, 0.3) is 0 Å². The van der Waals surface area contributed by atoms with Crippen LogP contribution in [0.5, 0.6) is 0 Å². The molecule has 0 aliphatic heterocycles. The summed E-state index contributed by atoms with van der Waals surface area (Å²) < 4.78 is 49.4. The number of halogens is 4. The highest BCUT2D eigenvalue weighted by Crippen LogP contribution is 2.32. The van der Waals surface area contributed by atoms with Crippen molar-refractivity contribution in [1.82, 2.24) is 0 Å². The van der Waals surface area contributed by atoms with Gasteiger partial charge in [-0.05, 0) is 18.2 Å². The van der Waals surface area contributed by atoms with E-state index in [4.69, 9.17) is 5.26 Å². The van der Waals surface area contributed by atoms with Crippen molar-refractivity contribution < 1.29 is 17.6 Å². The Morgan fingerprint density at radius 1 is 1.33 bits per heavy atom. The molecular weight excluding hydrogens is 212 g/mol. The standard InChI is InChI=1S/C9H6F4N2/c10-8-2-1-6(15-4-3-14)5-7(8)9(11,12)13/h1-2,5,15H,4H2. The molecular formula is C9H6F4N2. The summed E-state index contributed by atoms with van der Waals surface area (Å²) in [5.74, 6) is -1.33. The molecule has 0 heterocycles. The molecule has 0 amide bonds. The van der Waals surface area contributed by atoms with Crippen LogP contribution in [0.25, 0.3) is 0 Å². The Hall–Kier alpha value is -1.77. The van der Waals surface area contributed by atoms with Crippen LogP contribution in [0.3, 0.4) is 0 Å². The number of hydrogen-bond donors (Lipinski definition) is 1. The van der Waals surface area contributed by atoms with Gasteiger partial charge in [0.15, 0.2) is 0 Å². The average Bonchev–Trinajstić information content (AvgIpc) is 2.15. The van der Waals surface area contributed by atoms with Gasteiger partial charge in [0.1, 0.15) is 12.4 Å². The molecule has 0 saturated carbocycles. The van der Waals surface area contributed by atoms with Gasteiger partial charge in [-0.25, -0.2) is 4.39 Å². The highest BCUT2D eigenvalue weighted by Gasteiger charge is 2.34. The zero-order valence-corrected chi connectivity index (χ0v) is 7.40. The van der Waals surface area contributed by atoms with Crippen molar-refractivity contribution in [3.63, 3.8) is 0 Å². The van der Waals surface area contributed by atoms with E-state index in [1.165, 1.54) is 0 Å². The number of alkyl halides is 3. The molecule has 1 aromatic carbocycles. The van der Waals surface area contributed by atoms with E-state index in [9.17, 15) is 17.6 Å². The number of benzene rings is 1. The second-order valence-corrected chi connectivity index (χ2v) is 2.70. The predicted molar refractivity (Wildman–Crippen MR) is 45.5 cm³/mol. The van der Waals surface area contributed by atoms with Crippen molar-refractivity contribution >= 4 is 5.69 Å². The Balaban J connectivity index is 3.02. The van der Waals surface area contributed by atoms with Crippen LogP contribution >= 0.6 is 0 Å². The Morgan fingerprint density at radius 2 is 2.00 bits per heavy atom. The Bertz CT molecular complexity index is 392. The molecule has 1 N–H and O–H groups in total. The first-order valence-corrected chi connectivity index (χ1v) is 3.92. The third kappa shape index (κ3) is 2.84. The minimum Gasteiger partial charge on any atom is -0.372 e. The number of rotatable bonds is 2. The number of nitriles is 1. The van der Waals surface area contributed by atoms with E-state index in [0.717, 1.165) is 6.07 Å². The summed E-state index contributed by atoms with van der Waals surface area (Å²) in [7, 11) is 0. The van der Waals surface area contributed by atoms with E-state index in [1.807, 2.05) is 0 Å². The zero-order valence-electron chi connectivity index (χ0n) is 7.40. The Morgan fingerprint density at radius 3 is 2.53 bits per heavy atom. The van der Waals surface area contributed by atoms with Gasteiger partial charge in [-0.2, -0.15) is 18.4 Å². The average molecular weight is 218 g/mol. The molecule has 80 valence electrons. The molecule has 2 nitrogen and oxygen atoms in total. The third-order valence-electron chi connectivity index (χ3n) is 1.64. The van der Waals surface area contributed by atoms with Gasteiger partial charge in [0.2, 0.25) is 0 Å². The van der Waals surface area contributed by atoms with Gasteiger partial charge in [0, 0.05) is 5.69 Å². The summed E-state index contributed by atoms with van der Waals surface area (Å²) in [5.41, 5.74) is -1.28. The Kier molecular flexibility index (Phi) is 3.14. The third-order valence-corrected chi connectivity index (χ3v) is 1.64. The zero-order chi connectivity index (χ0) is 11.5.